The number of rotatable bonds is 30. The summed E-state index contributed by atoms with van der Waals surface area (Å²) >= 11 is 0. The molecule has 6 saturated carbocycles. The third kappa shape index (κ3) is 20.4. The second-order valence-electron chi connectivity index (χ2n) is 39.8. The summed E-state index contributed by atoms with van der Waals surface area (Å²) in [5.74, 6) is -10.3. The maximum atomic E-state index is 14.4. The van der Waals surface area contributed by atoms with E-state index in [1.165, 1.54) is 6.92 Å². The number of hydrogen-bond acceptors (Lipinski definition) is 29. The number of aliphatic hydroxyl groups is 2. The fourth-order valence-corrected chi connectivity index (χ4v) is 24.3. The van der Waals surface area contributed by atoms with Crippen LogP contribution in [0.4, 0.5) is 11.4 Å². The van der Waals surface area contributed by atoms with Gasteiger partial charge in [0.05, 0.1) is 30.5 Å². The number of ketones is 6. The summed E-state index contributed by atoms with van der Waals surface area (Å²) in [5.41, 5.74) is 1.49. The van der Waals surface area contributed by atoms with Gasteiger partial charge in [-0.3, -0.25) is 90.8 Å². The second-order valence-corrected chi connectivity index (χ2v) is 42.0. The number of carbonyl (C=O) groups is 16. The lowest BCUT2D eigenvalue weighted by Crippen LogP contribution is -2.63. The van der Waals surface area contributed by atoms with Gasteiger partial charge in [-0.05, 0) is 166 Å². The number of allylic oxidation sites excluding steroid dienone is 8. The summed E-state index contributed by atoms with van der Waals surface area (Å²) in [6.45, 7) is 13.2. The number of carbonyl (C=O) groups excluding carboxylic acids is 16. The maximum Gasteiger partial charge on any atom is 0.397 e. The first kappa shape index (κ1) is 103. The molecule has 13 aliphatic rings. The van der Waals surface area contributed by atoms with Crippen LogP contribution in [0.25, 0.3) is 0 Å². The predicted molar refractivity (Wildman–Crippen MR) is 492 cm³/mol. The summed E-state index contributed by atoms with van der Waals surface area (Å²) in [5, 5.41) is 32.6. The first-order valence-corrected chi connectivity index (χ1v) is 49.4. The lowest BCUT2D eigenvalue weighted by Gasteiger charge is -2.59. The van der Waals surface area contributed by atoms with Crippen molar-refractivity contribution in [3.05, 3.63) is 202 Å². The van der Waals surface area contributed by atoms with Crippen LogP contribution >= 0.6 is 0 Å². The van der Waals surface area contributed by atoms with Crippen LogP contribution in [0.2, 0.25) is 0 Å². The Bertz CT molecular complexity index is 6160. The van der Waals surface area contributed by atoms with Crippen LogP contribution in [0.5, 0.6) is 0 Å². The number of nitrogens with zero attached hydrogens (tertiary/aromatic N) is 3. The lowest BCUT2D eigenvalue weighted by molar-refractivity contribution is -0.200. The van der Waals surface area contributed by atoms with Crippen LogP contribution in [0, 0.1) is 74.9 Å². The van der Waals surface area contributed by atoms with E-state index in [4.69, 9.17) is 18.9 Å². The number of fused-ring (bicyclic) bond motifs is 14. The molecule has 5 aliphatic heterocycles. The Balaban J connectivity index is 0.000000181. The summed E-state index contributed by atoms with van der Waals surface area (Å²) in [6.07, 6.45) is 13.8. The Morgan fingerprint density at radius 3 is 1.29 bits per heavy atom. The van der Waals surface area contributed by atoms with Crippen molar-refractivity contribution >= 4 is 126 Å². The molecule has 9 fully saturated rings. The van der Waals surface area contributed by atoms with E-state index < -0.39 is 205 Å². The van der Waals surface area contributed by atoms with Crippen LogP contribution in [0.15, 0.2) is 169 Å². The molecule has 5 heterocycles. The van der Waals surface area contributed by atoms with Crippen LogP contribution < -0.4 is 16.0 Å². The molecule has 0 radical (unpaired) electrons. The number of aliphatic hydroxyl groups excluding tert-OH is 2. The topological polar surface area (TPSA) is 533 Å². The molecule has 39 heteroatoms. The molecular weight excluding hydrogens is 1860 g/mol. The van der Waals surface area contributed by atoms with Gasteiger partial charge in [-0.2, -0.15) is 16.8 Å². The molecule has 7 N–H and O–H groups in total. The van der Waals surface area contributed by atoms with E-state index in [1.807, 2.05) is 126 Å². The molecule has 744 valence electrons. The van der Waals surface area contributed by atoms with Crippen LogP contribution in [-0.2, 0) is 143 Å². The van der Waals surface area contributed by atoms with Crippen molar-refractivity contribution in [1.29, 1.82) is 0 Å². The van der Waals surface area contributed by atoms with Gasteiger partial charge >= 0.3 is 26.8 Å². The fourth-order valence-electron chi connectivity index (χ4n) is 23.8. The van der Waals surface area contributed by atoms with Gasteiger partial charge in [-0.1, -0.05) is 151 Å². The molecule has 140 heavy (non-hydrogen) atoms. The molecule has 37 nitrogen and oxygen atoms in total. The van der Waals surface area contributed by atoms with Crippen molar-refractivity contribution in [1.82, 2.24) is 20.2 Å². The van der Waals surface area contributed by atoms with Crippen LogP contribution in [0.1, 0.15) is 185 Å². The molecule has 4 aromatic rings. The number of anilines is 2. The fraction of sp³-hybridized carbons (Fsp3) is 0.485. The summed E-state index contributed by atoms with van der Waals surface area (Å²) in [7, 11) is -9.92. The molecule has 0 aromatic heterocycles. The second kappa shape index (κ2) is 39.9. The molecular formula is C101H112N6O31S2. The Kier molecular flexibility index (Phi) is 29.2. The zero-order valence-corrected chi connectivity index (χ0v) is 80.1. The Morgan fingerprint density at radius 1 is 0.500 bits per heavy atom. The van der Waals surface area contributed by atoms with E-state index in [0.717, 1.165) is 62.6 Å². The molecule has 0 unspecified atom stereocenters. The van der Waals surface area contributed by atoms with Crippen molar-refractivity contribution in [3.8, 4) is 0 Å². The van der Waals surface area contributed by atoms with Gasteiger partial charge in [0.25, 0.3) is 35.4 Å². The van der Waals surface area contributed by atoms with E-state index in [9.17, 15) is 113 Å². The van der Waals surface area contributed by atoms with E-state index in [0.29, 0.717) is 83.8 Å². The monoisotopic (exact) mass is 1970 g/mol. The number of nitrogens with one attached hydrogen (secondary N) is 3. The first-order valence-electron chi connectivity index (χ1n) is 46.6. The Morgan fingerprint density at radius 2 is 0.893 bits per heavy atom. The van der Waals surface area contributed by atoms with E-state index in [2.05, 4.69) is 36.1 Å². The molecule has 9 amide bonds. The minimum Gasteiger partial charge on any atom is -0.393 e. The lowest BCUT2D eigenvalue weighted by atomic mass is 9.46. The number of ether oxygens (including phenoxy) is 4. The van der Waals surface area contributed by atoms with E-state index in [1.54, 1.807) is 56.4 Å². The van der Waals surface area contributed by atoms with Gasteiger partial charge in [-0.25, -0.2) is 13.2 Å². The van der Waals surface area contributed by atoms with Crippen molar-refractivity contribution < 1.29 is 145 Å². The van der Waals surface area contributed by atoms with E-state index in [-0.39, 0.29) is 103 Å². The third-order valence-corrected chi connectivity index (χ3v) is 31.5. The average molecular weight is 1970 g/mol. The largest absolute Gasteiger partial charge is 0.397 e. The van der Waals surface area contributed by atoms with Crippen molar-refractivity contribution in [2.24, 2.45) is 74.9 Å². The maximum absolute atomic E-state index is 14.4. The molecule has 0 spiro atoms. The Labute approximate surface area is 807 Å². The smallest absolute Gasteiger partial charge is 0.393 e. The number of imide groups is 3. The third-order valence-electron chi connectivity index (χ3n) is 30.7. The average Bonchev–Trinajstić information content (AvgIpc) is 1.51. The summed E-state index contributed by atoms with van der Waals surface area (Å²) in [6, 6.07) is 28.7. The van der Waals surface area contributed by atoms with Gasteiger partial charge in [0, 0.05) is 124 Å². The normalized spacial score (nSPS) is 31.0. The highest BCUT2D eigenvalue weighted by atomic mass is 32.3. The molecule has 17 rings (SSSR count). The van der Waals surface area contributed by atoms with Crippen LogP contribution in [0.3, 0.4) is 0 Å². The zero-order chi connectivity index (χ0) is 101. The quantitative estimate of drug-likeness (QED) is 0.0191. The molecule has 21 atom stereocenters. The summed E-state index contributed by atoms with van der Waals surface area (Å²) in [4.78, 5) is 202. The van der Waals surface area contributed by atoms with Crippen LogP contribution in [-0.4, -0.2) is 213 Å². The Hall–Kier alpha value is -11.9. The van der Waals surface area contributed by atoms with Gasteiger partial charge in [-0.15, -0.1) is 5.06 Å². The molecule has 8 aliphatic carbocycles. The molecule has 0 bridgehead atoms. The van der Waals surface area contributed by atoms with Gasteiger partial charge < -0.3 is 49.9 Å². The zero-order valence-electron chi connectivity index (χ0n) is 78.4. The van der Waals surface area contributed by atoms with Crippen molar-refractivity contribution in [3.63, 3.8) is 0 Å². The molecule has 4 aromatic carbocycles. The number of amides is 9. The number of Topliss-reactive ketones (excluding diaryl/α,β-unsaturated/α-hetero) is 4. The van der Waals surface area contributed by atoms with E-state index >= 15 is 0 Å². The van der Waals surface area contributed by atoms with Crippen molar-refractivity contribution in [2.75, 3.05) is 36.9 Å². The minimum atomic E-state index is -4.98. The highest BCUT2D eigenvalue weighted by Crippen LogP contribution is 2.73. The number of hydroxylamine groups is 2. The number of hydrogen-bond donors (Lipinski definition) is 7. The van der Waals surface area contributed by atoms with Crippen molar-refractivity contribution in [2.45, 2.75) is 206 Å². The first-order chi connectivity index (χ1) is 65.9. The number of benzene rings is 4. The molecule has 3 saturated heterocycles. The van der Waals surface area contributed by atoms with Gasteiger partial charge in [0.15, 0.2) is 52.7 Å². The highest BCUT2D eigenvalue weighted by molar-refractivity contribution is 7.81. The SMILES string of the molecule is CC(C)C(=O)C[C@@H](C)C(=O)Nc1cccc(Cc2ccc([C@@H]3O[C@@H]4C[C@H]5[C@@H]6CCC7=CC(=O)C=C[C@]7(C)[C@H]6[C@@H](O)C[C@]5(C)[C@]4(C(=O)COS(=O)(=O)O)O3)cc2)c1.C[C@H](CC(=O)[C@H](C)NC(=O)CN1C(=O)C=CC1=O)C(=O)Nc1cccc(Cc2ccc([C@@H]3O[C@@H]4C[C@H]5[C@@H]6CCC7=CC(=O)C=C[C@]7(C)[C@H]6[C@@H](O)C[C@]5(C)[C@]4(C(=O)COS(=O)(=O)O)O3)cc2)c1.O=C(CN1C(=O)C=CC1=O)ON1C(=O)CCC1=O. The minimum absolute atomic E-state index is 0.0186. The van der Waals surface area contributed by atoms with Gasteiger partial charge in [0.2, 0.25) is 17.7 Å². The summed E-state index contributed by atoms with van der Waals surface area (Å²) < 4.78 is 101. The standard InChI is InChI=1S/C48H53N3O14S.C43H51NO11S.C10H8N2O6/c1-26(18-36(53)27(2)49-40(56)24-51-41(57)14-15-42(51)58)44(59)50-32-7-5-6-29(20-32)19-28-8-10-30(11-9-28)45-64-39-22-35-34-13-12-31-21-33(52)16-17-46(31,3)43(34)37(54)23-47(35,4)48(39,65-45)38(55)25-63-66(60,61)62;1-24(2)34(46)17-25(3)39(49)44-30-8-6-7-27(19-30)18-26-9-11-28(12-10-26)40-54-37-21-33-32-14-13-29-20-31(45)15-16-41(29,4)38(32)35(47)22-42(33,5)43(37,55-40)36(48)23-53-56(50,51)52;13-6-1-2-7(14)11(6)5-10(17)18-12-8(15)3-4-9(12)16/h5-11,14-17,20-21,26-27,34-35,37,39,43,45,54H,12-13,18-19,22-25H2,1-4H3,(H,49,56)(H,50,59)(H,60,61,62);6-12,15-16,19-20,24-25,32-33,35,37-38,40,47H,13-14,17-18,21-23H2,1-5H3,(H,44,49)(H,50,51,52);1-2H,3-5H2/t26-,27+,34+,35+,37+,39-,43-,45-,46+,47+,48-;25-,32+,33+,35+,37-,38-,40-,41+,42+,43-;/m11./s1. The van der Waals surface area contributed by atoms with Gasteiger partial charge in [0.1, 0.15) is 32.1 Å². The highest BCUT2D eigenvalue weighted by Gasteiger charge is 2.78. The predicted octanol–water partition coefficient (Wildman–Crippen LogP) is 8.09.